The SMILES string of the molecule is Cc1cc2nncn2c2sc(C(=O)NCc3ccc(S(=O)(=O)C(F)(F)F)cc3)c(N)c12. The highest BCUT2D eigenvalue weighted by atomic mass is 32.2. The summed E-state index contributed by atoms with van der Waals surface area (Å²) in [5.41, 5.74) is 3.00. The fraction of sp³-hybridized carbons (Fsp3) is 0.167. The van der Waals surface area contributed by atoms with Crippen LogP contribution in [0.15, 0.2) is 41.6 Å². The maximum Gasteiger partial charge on any atom is 0.501 e. The van der Waals surface area contributed by atoms with Crippen molar-refractivity contribution in [3.63, 3.8) is 0 Å². The molecule has 1 aromatic carbocycles. The summed E-state index contributed by atoms with van der Waals surface area (Å²) < 4.78 is 62.4. The van der Waals surface area contributed by atoms with Crippen LogP contribution in [-0.2, 0) is 16.4 Å². The number of amides is 1. The first-order valence-corrected chi connectivity index (χ1v) is 11.0. The largest absolute Gasteiger partial charge is 0.501 e. The van der Waals surface area contributed by atoms with E-state index in [1.165, 1.54) is 29.8 Å². The lowest BCUT2D eigenvalue weighted by Gasteiger charge is -2.09. The monoisotopic (exact) mass is 469 g/mol. The van der Waals surface area contributed by atoms with Crippen LogP contribution in [0.5, 0.6) is 0 Å². The molecule has 31 heavy (non-hydrogen) atoms. The van der Waals surface area contributed by atoms with Gasteiger partial charge in [0, 0.05) is 11.9 Å². The Morgan fingerprint density at radius 2 is 1.94 bits per heavy atom. The number of aryl methyl sites for hydroxylation is 1. The third-order valence-corrected chi connectivity index (χ3v) is 7.36. The van der Waals surface area contributed by atoms with Crippen molar-refractivity contribution in [2.24, 2.45) is 0 Å². The Morgan fingerprint density at radius 3 is 2.58 bits per heavy atom. The molecule has 0 aliphatic carbocycles. The molecule has 3 N–H and O–H groups in total. The number of halogens is 3. The van der Waals surface area contributed by atoms with E-state index in [2.05, 4.69) is 15.5 Å². The number of sulfone groups is 1. The van der Waals surface area contributed by atoms with E-state index in [0.717, 1.165) is 17.7 Å². The standard InChI is InChI=1S/C18H14F3N5O3S2/c1-9-6-12-25-24-8-26(12)17-13(9)14(22)15(30-17)16(27)23-7-10-2-4-11(5-3-10)31(28,29)18(19,20)21/h2-6,8H,7,22H2,1H3,(H,23,27). The summed E-state index contributed by atoms with van der Waals surface area (Å²) >= 11 is 1.17. The van der Waals surface area contributed by atoms with Crippen molar-refractivity contribution >= 4 is 48.6 Å². The Morgan fingerprint density at radius 1 is 1.26 bits per heavy atom. The van der Waals surface area contributed by atoms with E-state index in [9.17, 15) is 26.4 Å². The Bertz CT molecular complexity index is 1420. The summed E-state index contributed by atoms with van der Waals surface area (Å²) in [4.78, 5) is 12.8. The van der Waals surface area contributed by atoms with Crippen molar-refractivity contribution in [1.82, 2.24) is 19.9 Å². The van der Waals surface area contributed by atoms with Crippen LogP contribution in [0.1, 0.15) is 20.8 Å². The molecule has 162 valence electrons. The fourth-order valence-electron chi connectivity index (χ4n) is 3.10. The first-order valence-electron chi connectivity index (χ1n) is 8.70. The van der Waals surface area contributed by atoms with Crippen molar-refractivity contribution in [2.45, 2.75) is 23.9 Å². The minimum absolute atomic E-state index is 0.0279. The molecule has 4 rings (SSSR count). The molecule has 0 atom stereocenters. The van der Waals surface area contributed by atoms with Gasteiger partial charge in [0.05, 0.1) is 10.6 Å². The van der Waals surface area contributed by atoms with Gasteiger partial charge in [-0.25, -0.2) is 8.42 Å². The maximum atomic E-state index is 12.7. The van der Waals surface area contributed by atoms with E-state index in [1.54, 1.807) is 10.5 Å². The van der Waals surface area contributed by atoms with Gasteiger partial charge >= 0.3 is 5.51 Å². The fourth-order valence-corrected chi connectivity index (χ4v) is 5.04. The molecule has 0 bridgehead atoms. The topological polar surface area (TPSA) is 119 Å². The number of nitrogen functional groups attached to an aromatic ring is 1. The highest BCUT2D eigenvalue weighted by Crippen LogP contribution is 2.36. The molecule has 0 spiro atoms. The highest BCUT2D eigenvalue weighted by Gasteiger charge is 2.46. The number of pyridine rings is 1. The van der Waals surface area contributed by atoms with Crippen LogP contribution in [0.25, 0.3) is 15.9 Å². The number of fused-ring (bicyclic) bond motifs is 3. The minimum atomic E-state index is -5.42. The van der Waals surface area contributed by atoms with Gasteiger partial charge in [0.1, 0.15) is 16.0 Å². The summed E-state index contributed by atoms with van der Waals surface area (Å²) in [6.45, 7) is 1.82. The van der Waals surface area contributed by atoms with Crippen LogP contribution >= 0.6 is 11.3 Å². The van der Waals surface area contributed by atoms with Gasteiger partial charge in [-0.15, -0.1) is 21.5 Å². The van der Waals surface area contributed by atoms with E-state index < -0.39 is 26.1 Å². The van der Waals surface area contributed by atoms with Crippen molar-refractivity contribution in [3.05, 3.63) is 52.7 Å². The maximum absolute atomic E-state index is 12.7. The Hall–Kier alpha value is -3.19. The van der Waals surface area contributed by atoms with E-state index in [4.69, 9.17) is 5.73 Å². The quantitative estimate of drug-likeness (QED) is 0.474. The second kappa shape index (κ2) is 7.20. The van der Waals surface area contributed by atoms with Crippen molar-refractivity contribution in [3.8, 4) is 0 Å². The Balaban J connectivity index is 1.56. The molecule has 0 fully saturated rings. The number of hydrogen-bond acceptors (Lipinski definition) is 7. The van der Waals surface area contributed by atoms with Gasteiger partial charge in [-0.05, 0) is 36.2 Å². The molecule has 0 aliphatic rings. The number of anilines is 1. The summed E-state index contributed by atoms with van der Waals surface area (Å²) in [6.07, 6.45) is 1.52. The molecule has 1 amide bonds. The molecule has 3 heterocycles. The highest BCUT2D eigenvalue weighted by molar-refractivity contribution is 7.92. The molecule has 0 saturated carbocycles. The van der Waals surface area contributed by atoms with Crippen molar-refractivity contribution in [1.29, 1.82) is 0 Å². The lowest BCUT2D eigenvalue weighted by atomic mass is 10.1. The molecule has 0 aliphatic heterocycles. The minimum Gasteiger partial charge on any atom is -0.397 e. The molecule has 13 heteroatoms. The Labute approximate surface area is 177 Å². The van der Waals surface area contributed by atoms with Gasteiger partial charge in [-0.2, -0.15) is 13.2 Å². The van der Waals surface area contributed by atoms with Gasteiger partial charge in [0.15, 0.2) is 5.65 Å². The number of benzene rings is 1. The lowest BCUT2D eigenvalue weighted by molar-refractivity contribution is -0.0436. The second-order valence-electron chi connectivity index (χ2n) is 6.69. The zero-order valence-electron chi connectivity index (χ0n) is 15.8. The summed E-state index contributed by atoms with van der Waals surface area (Å²) in [7, 11) is -5.42. The smallest absolute Gasteiger partial charge is 0.397 e. The van der Waals surface area contributed by atoms with Gasteiger partial charge in [0.2, 0.25) is 0 Å². The number of rotatable bonds is 4. The number of thiophene rings is 1. The molecule has 0 radical (unpaired) electrons. The van der Waals surface area contributed by atoms with Crippen LogP contribution in [0.4, 0.5) is 18.9 Å². The number of alkyl halides is 3. The number of nitrogens with two attached hydrogens (primary N) is 1. The first kappa shape index (κ1) is 21.1. The first-order chi connectivity index (χ1) is 14.5. The second-order valence-corrected chi connectivity index (χ2v) is 9.63. The van der Waals surface area contributed by atoms with E-state index >= 15 is 0 Å². The molecular formula is C18H14F3N5O3S2. The van der Waals surface area contributed by atoms with Gasteiger partial charge in [-0.1, -0.05) is 12.1 Å². The van der Waals surface area contributed by atoms with E-state index in [1.807, 2.05) is 6.92 Å². The number of nitrogens with one attached hydrogen (secondary N) is 1. The van der Waals surface area contributed by atoms with Gasteiger partial charge in [0.25, 0.3) is 15.7 Å². The number of aromatic nitrogens is 3. The Kier molecular flexibility index (Phi) is 4.89. The summed E-state index contributed by atoms with van der Waals surface area (Å²) in [6, 6.07) is 5.92. The molecule has 4 aromatic rings. The molecule has 8 nitrogen and oxygen atoms in total. The van der Waals surface area contributed by atoms with E-state index in [-0.39, 0.29) is 11.4 Å². The predicted molar refractivity (Wildman–Crippen MR) is 108 cm³/mol. The summed E-state index contributed by atoms with van der Waals surface area (Å²) in [5.74, 6) is -0.466. The third-order valence-electron chi connectivity index (χ3n) is 4.66. The van der Waals surface area contributed by atoms with Gasteiger partial charge in [-0.3, -0.25) is 9.20 Å². The predicted octanol–water partition coefficient (Wildman–Crippen LogP) is 3.06. The molecular weight excluding hydrogens is 455 g/mol. The van der Waals surface area contributed by atoms with Crippen molar-refractivity contribution in [2.75, 3.05) is 5.73 Å². The zero-order chi connectivity index (χ0) is 22.6. The van der Waals surface area contributed by atoms with Crippen LogP contribution in [0.2, 0.25) is 0 Å². The van der Waals surface area contributed by atoms with Crippen LogP contribution in [0, 0.1) is 6.92 Å². The van der Waals surface area contributed by atoms with Gasteiger partial charge < -0.3 is 11.1 Å². The summed E-state index contributed by atoms with van der Waals surface area (Å²) in [5, 5.41) is 11.2. The molecule has 0 unspecified atom stereocenters. The van der Waals surface area contributed by atoms with Crippen LogP contribution < -0.4 is 11.1 Å². The van der Waals surface area contributed by atoms with Crippen molar-refractivity contribution < 1.29 is 26.4 Å². The van der Waals surface area contributed by atoms with Crippen LogP contribution in [-0.4, -0.2) is 34.4 Å². The molecule has 0 saturated heterocycles. The number of nitrogens with zero attached hydrogens (tertiary/aromatic N) is 3. The average molecular weight is 469 g/mol. The van der Waals surface area contributed by atoms with E-state index in [0.29, 0.717) is 27.1 Å². The lowest BCUT2D eigenvalue weighted by Crippen LogP contribution is -2.24. The zero-order valence-corrected chi connectivity index (χ0v) is 17.4. The number of carbonyl (C=O) groups excluding carboxylic acids is 1. The van der Waals surface area contributed by atoms with Crippen LogP contribution in [0.3, 0.4) is 0 Å². The average Bonchev–Trinajstić information content (AvgIpc) is 3.30. The normalized spacial score (nSPS) is 12.5. The number of hydrogen-bond donors (Lipinski definition) is 2. The number of carbonyl (C=O) groups is 1. The molecule has 3 aromatic heterocycles. The third kappa shape index (κ3) is 3.49.